The second kappa shape index (κ2) is 4.96. The van der Waals surface area contributed by atoms with Crippen LogP contribution in [0.15, 0.2) is 18.2 Å². The summed E-state index contributed by atoms with van der Waals surface area (Å²) in [5.41, 5.74) is 3.20. The molecule has 82 valence electrons. The third kappa shape index (κ3) is 2.82. The molecule has 0 unspecified atom stereocenters. The molecule has 0 bridgehead atoms. The van der Waals surface area contributed by atoms with Gasteiger partial charge in [0.15, 0.2) is 0 Å². The van der Waals surface area contributed by atoms with Gasteiger partial charge in [-0.15, -0.1) is 0 Å². The minimum atomic E-state index is 0.0732. The van der Waals surface area contributed by atoms with Crippen molar-refractivity contribution in [2.75, 3.05) is 5.32 Å². The zero-order valence-corrected chi connectivity index (χ0v) is 9.92. The van der Waals surface area contributed by atoms with Gasteiger partial charge in [0.05, 0.1) is 0 Å². The van der Waals surface area contributed by atoms with Crippen LogP contribution in [0.25, 0.3) is 0 Å². The monoisotopic (exact) mass is 205 g/mol. The largest absolute Gasteiger partial charge is 0.325 e. The van der Waals surface area contributed by atoms with E-state index in [1.807, 2.05) is 45.9 Å². The van der Waals surface area contributed by atoms with E-state index < -0.39 is 0 Å². The Hall–Kier alpha value is -1.31. The quantitative estimate of drug-likeness (QED) is 0.806. The molecule has 1 aromatic rings. The summed E-state index contributed by atoms with van der Waals surface area (Å²) < 4.78 is 0. The molecule has 0 saturated heterocycles. The number of rotatable bonds is 3. The number of hydrogen-bond acceptors (Lipinski definition) is 1. The van der Waals surface area contributed by atoms with Gasteiger partial charge >= 0.3 is 0 Å². The van der Waals surface area contributed by atoms with Crippen molar-refractivity contribution in [3.63, 3.8) is 0 Å². The van der Waals surface area contributed by atoms with Crippen molar-refractivity contribution in [1.29, 1.82) is 0 Å². The van der Waals surface area contributed by atoms with Crippen LogP contribution in [0.4, 0.5) is 5.69 Å². The van der Waals surface area contributed by atoms with Crippen molar-refractivity contribution in [2.45, 2.75) is 34.1 Å². The molecule has 0 aliphatic carbocycles. The number of para-hydroxylation sites is 1. The summed E-state index contributed by atoms with van der Waals surface area (Å²) in [6, 6.07) is 6.03. The molecule has 1 aromatic carbocycles. The molecule has 0 radical (unpaired) electrons. The van der Waals surface area contributed by atoms with E-state index >= 15 is 0 Å². The lowest BCUT2D eigenvalue weighted by Gasteiger charge is -2.14. The van der Waals surface area contributed by atoms with Crippen molar-refractivity contribution in [3.05, 3.63) is 29.3 Å². The molecule has 0 fully saturated rings. The predicted molar refractivity (Wildman–Crippen MR) is 64.0 cm³/mol. The van der Waals surface area contributed by atoms with Crippen LogP contribution in [0.2, 0.25) is 0 Å². The van der Waals surface area contributed by atoms with Gasteiger partial charge in [-0.05, 0) is 31.4 Å². The van der Waals surface area contributed by atoms with Crippen molar-refractivity contribution >= 4 is 11.6 Å². The van der Waals surface area contributed by atoms with Gasteiger partial charge in [0.2, 0.25) is 5.91 Å². The molecular weight excluding hydrogens is 186 g/mol. The van der Waals surface area contributed by atoms with Crippen LogP contribution in [-0.2, 0) is 4.79 Å². The van der Waals surface area contributed by atoms with Crippen LogP contribution in [0.1, 0.15) is 31.4 Å². The maximum absolute atomic E-state index is 11.7. The van der Waals surface area contributed by atoms with Crippen molar-refractivity contribution in [2.24, 2.45) is 5.92 Å². The third-order valence-corrected chi connectivity index (χ3v) is 2.79. The molecule has 2 heteroatoms. The lowest BCUT2D eigenvalue weighted by atomic mass is 10.1. The number of nitrogens with one attached hydrogen (secondary N) is 1. The predicted octanol–water partition coefficient (Wildman–Crippen LogP) is 3.29. The Balaban J connectivity index is 2.85. The van der Waals surface area contributed by atoms with Gasteiger partial charge in [0.25, 0.3) is 0 Å². The molecule has 1 amide bonds. The zero-order chi connectivity index (χ0) is 11.4. The fourth-order valence-electron chi connectivity index (χ4n) is 1.44. The molecule has 1 atom stereocenters. The Morgan fingerprint density at radius 3 is 2.33 bits per heavy atom. The second-order valence-electron chi connectivity index (χ2n) is 4.07. The van der Waals surface area contributed by atoms with E-state index in [1.54, 1.807) is 0 Å². The lowest BCUT2D eigenvalue weighted by molar-refractivity contribution is -0.119. The van der Waals surface area contributed by atoms with Crippen LogP contribution < -0.4 is 5.32 Å². The van der Waals surface area contributed by atoms with E-state index in [9.17, 15) is 4.79 Å². The molecule has 0 aromatic heterocycles. The number of benzene rings is 1. The molecule has 2 nitrogen and oxygen atoms in total. The number of anilines is 1. The smallest absolute Gasteiger partial charge is 0.227 e. The van der Waals surface area contributed by atoms with Gasteiger partial charge in [-0.2, -0.15) is 0 Å². The summed E-state index contributed by atoms with van der Waals surface area (Å²) in [4.78, 5) is 11.7. The maximum Gasteiger partial charge on any atom is 0.227 e. The van der Waals surface area contributed by atoms with E-state index in [-0.39, 0.29) is 11.8 Å². The van der Waals surface area contributed by atoms with Gasteiger partial charge in [-0.3, -0.25) is 4.79 Å². The minimum absolute atomic E-state index is 0.0732. The van der Waals surface area contributed by atoms with Gasteiger partial charge in [-0.25, -0.2) is 0 Å². The van der Waals surface area contributed by atoms with E-state index in [4.69, 9.17) is 0 Å². The normalized spacial score (nSPS) is 12.3. The van der Waals surface area contributed by atoms with Crippen LogP contribution in [0.5, 0.6) is 0 Å². The summed E-state index contributed by atoms with van der Waals surface area (Å²) in [6.45, 7) is 8.00. The second-order valence-corrected chi connectivity index (χ2v) is 4.07. The van der Waals surface area contributed by atoms with Crippen LogP contribution >= 0.6 is 0 Å². The first-order chi connectivity index (χ1) is 7.06. The first-order valence-corrected chi connectivity index (χ1v) is 5.43. The summed E-state index contributed by atoms with van der Waals surface area (Å²) in [5.74, 6) is 0.180. The third-order valence-electron chi connectivity index (χ3n) is 2.79. The van der Waals surface area contributed by atoms with Crippen LogP contribution in [0, 0.1) is 19.8 Å². The minimum Gasteiger partial charge on any atom is -0.325 e. The average molecular weight is 205 g/mol. The highest BCUT2D eigenvalue weighted by Gasteiger charge is 2.12. The number of hydrogen-bond donors (Lipinski definition) is 1. The van der Waals surface area contributed by atoms with Gasteiger partial charge < -0.3 is 5.32 Å². The Morgan fingerprint density at radius 1 is 1.33 bits per heavy atom. The topological polar surface area (TPSA) is 29.1 Å². The number of carbonyl (C=O) groups is 1. The van der Waals surface area contributed by atoms with Gasteiger partial charge in [0.1, 0.15) is 0 Å². The zero-order valence-electron chi connectivity index (χ0n) is 9.92. The maximum atomic E-state index is 11.7. The lowest BCUT2D eigenvalue weighted by Crippen LogP contribution is -2.20. The highest BCUT2D eigenvalue weighted by molar-refractivity contribution is 5.93. The van der Waals surface area contributed by atoms with E-state index in [2.05, 4.69) is 5.32 Å². The Bertz CT molecular complexity index is 337. The van der Waals surface area contributed by atoms with Crippen molar-refractivity contribution < 1.29 is 4.79 Å². The molecule has 0 saturated carbocycles. The SMILES string of the molecule is CC[C@@H](C)C(=O)Nc1c(C)cccc1C. The van der Waals surface area contributed by atoms with Crippen molar-refractivity contribution in [3.8, 4) is 0 Å². The summed E-state index contributed by atoms with van der Waals surface area (Å²) in [6.07, 6.45) is 0.872. The highest BCUT2D eigenvalue weighted by atomic mass is 16.1. The van der Waals surface area contributed by atoms with E-state index in [0.29, 0.717) is 0 Å². The van der Waals surface area contributed by atoms with Crippen LogP contribution in [-0.4, -0.2) is 5.91 Å². The molecule has 0 spiro atoms. The molecule has 1 N–H and O–H groups in total. The Morgan fingerprint density at radius 2 is 1.87 bits per heavy atom. The number of amides is 1. The average Bonchev–Trinajstić information content (AvgIpc) is 2.22. The molecule has 0 aliphatic rings. The molecule has 1 rings (SSSR count). The highest BCUT2D eigenvalue weighted by Crippen LogP contribution is 2.20. The molecular formula is C13H19NO. The fourth-order valence-corrected chi connectivity index (χ4v) is 1.44. The molecule has 0 aliphatic heterocycles. The molecule has 15 heavy (non-hydrogen) atoms. The van der Waals surface area contributed by atoms with Gasteiger partial charge in [0, 0.05) is 11.6 Å². The first kappa shape index (κ1) is 11.8. The van der Waals surface area contributed by atoms with Gasteiger partial charge in [-0.1, -0.05) is 32.0 Å². The van der Waals surface area contributed by atoms with Crippen molar-refractivity contribution in [1.82, 2.24) is 0 Å². The first-order valence-electron chi connectivity index (χ1n) is 5.43. The summed E-state index contributed by atoms with van der Waals surface area (Å²) in [7, 11) is 0. The number of carbonyl (C=O) groups excluding carboxylic acids is 1. The fraction of sp³-hybridized carbons (Fsp3) is 0.462. The standard InChI is InChI=1S/C13H19NO/c1-5-9(2)13(15)14-12-10(3)7-6-8-11(12)4/h6-9H,5H2,1-4H3,(H,14,15)/t9-/m1/s1. The molecule has 0 heterocycles. The number of aryl methyl sites for hydroxylation is 2. The van der Waals surface area contributed by atoms with Crippen LogP contribution in [0.3, 0.4) is 0 Å². The summed E-state index contributed by atoms with van der Waals surface area (Å²) >= 11 is 0. The van der Waals surface area contributed by atoms with E-state index in [0.717, 1.165) is 23.2 Å². The Kier molecular flexibility index (Phi) is 3.89. The summed E-state index contributed by atoms with van der Waals surface area (Å²) in [5, 5.41) is 2.99. The van der Waals surface area contributed by atoms with E-state index in [1.165, 1.54) is 0 Å². The Labute approximate surface area is 91.7 Å².